The van der Waals surface area contributed by atoms with Gasteiger partial charge in [-0.1, -0.05) is 30.7 Å². The molecule has 1 aromatic carbocycles. The molecule has 2 rings (SSSR count). The molecule has 0 spiro atoms. The summed E-state index contributed by atoms with van der Waals surface area (Å²) in [5.74, 6) is -0.755. The molecule has 0 saturated heterocycles. The van der Waals surface area contributed by atoms with Crippen molar-refractivity contribution in [1.29, 1.82) is 0 Å². The van der Waals surface area contributed by atoms with E-state index in [4.69, 9.17) is 16.3 Å². The molecule has 0 atom stereocenters. The summed E-state index contributed by atoms with van der Waals surface area (Å²) in [6.45, 7) is 3.89. The number of carbonyl (C=O) groups excluding carboxylic acids is 2. The van der Waals surface area contributed by atoms with E-state index in [2.05, 4.69) is 5.32 Å². The monoisotopic (exact) mass is 363 g/mol. The van der Waals surface area contributed by atoms with Gasteiger partial charge >= 0.3 is 5.97 Å². The summed E-state index contributed by atoms with van der Waals surface area (Å²) in [5.41, 5.74) is 2.16. The highest BCUT2D eigenvalue weighted by molar-refractivity contribution is 7.16. The third-order valence-corrected chi connectivity index (χ3v) is 4.76. The highest BCUT2D eigenvalue weighted by Crippen LogP contribution is 2.34. The summed E-state index contributed by atoms with van der Waals surface area (Å²) in [6.07, 6.45) is 3.77. The number of benzene rings is 1. The first-order valence-electron chi connectivity index (χ1n) is 7.41. The lowest BCUT2D eigenvalue weighted by Crippen LogP contribution is -2.12. The van der Waals surface area contributed by atoms with Crippen molar-refractivity contribution in [3.8, 4) is 0 Å². The third-order valence-electron chi connectivity index (χ3n) is 3.46. The molecule has 0 aliphatic carbocycles. The normalized spacial score (nSPS) is 10.8. The maximum Gasteiger partial charge on any atom is 0.341 e. The largest absolute Gasteiger partial charge is 0.465 e. The number of ether oxygens (including phenoxy) is 1. The Morgan fingerprint density at radius 2 is 2.12 bits per heavy atom. The maximum absolute atomic E-state index is 12.2. The van der Waals surface area contributed by atoms with E-state index in [9.17, 15) is 9.59 Å². The van der Waals surface area contributed by atoms with Crippen LogP contribution in [-0.2, 0) is 16.0 Å². The summed E-state index contributed by atoms with van der Waals surface area (Å²) in [6, 6.07) is 7.18. The van der Waals surface area contributed by atoms with Gasteiger partial charge in [-0.15, -0.1) is 11.3 Å². The number of hydrogen-bond acceptors (Lipinski definition) is 4. The van der Waals surface area contributed by atoms with E-state index in [0.717, 1.165) is 16.0 Å². The molecule has 126 valence electrons. The first-order valence-corrected chi connectivity index (χ1v) is 8.61. The number of thiophene rings is 1. The van der Waals surface area contributed by atoms with E-state index >= 15 is 0 Å². The van der Waals surface area contributed by atoms with E-state index in [0.29, 0.717) is 22.0 Å². The number of carbonyl (C=O) groups is 2. The summed E-state index contributed by atoms with van der Waals surface area (Å²) >= 11 is 7.29. The molecular formula is C18H18ClNO3S. The number of aryl methyl sites for hydroxylation is 1. The minimum atomic E-state index is -0.440. The molecule has 2 aromatic rings. The molecule has 0 unspecified atom stereocenters. The van der Waals surface area contributed by atoms with Gasteiger partial charge in [-0.2, -0.15) is 0 Å². The van der Waals surface area contributed by atoms with Gasteiger partial charge in [0.1, 0.15) is 5.00 Å². The van der Waals surface area contributed by atoms with Gasteiger partial charge in [-0.3, -0.25) is 4.79 Å². The molecular weight excluding hydrogens is 346 g/mol. The van der Waals surface area contributed by atoms with Crippen LogP contribution >= 0.6 is 22.9 Å². The van der Waals surface area contributed by atoms with Crippen molar-refractivity contribution in [2.75, 3.05) is 12.4 Å². The Hall–Kier alpha value is -2.11. The number of hydrogen-bond donors (Lipinski definition) is 1. The van der Waals surface area contributed by atoms with Crippen LogP contribution in [0, 0.1) is 6.92 Å². The molecule has 0 aliphatic rings. The second-order valence-corrected chi connectivity index (χ2v) is 6.72. The Morgan fingerprint density at radius 1 is 1.38 bits per heavy atom. The molecule has 1 amide bonds. The fourth-order valence-electron chi connectivity index (χ4n) is 2.35. The average molecular weight is 364 g/mol. The summed E-state index contributed by atoms with van der Waals surface area (Å²) < 4.78 is 4.84. The van der Waals surface area contributed by atoms with Crippen LogP contribution < -0.4 is 5.32 Å². The first kappa shape index (κ1) is 18.2. The number of rotatable bonds is 5. The lowest BCUT2D eigenvalue weighted by molar-refractivity contribution is -0.111. The highest BCUT2D eigenvalue weighted by Gasteiger charge is 2.22. The SMILES string of the molecule is CCc1c(C)sc(NC(=O)C=Cc2cccc(Cl)c2)c1C(=O)OC. The standard InChI is InChI=1S/C18H18ClNO3S/c1-4-14-11(2)24-17(16(14)18(22)23-3)20-15(21)9-8-12-6-5-7-13(19)10-12/h5-10H,4H2,1-3H3,(H,20,21). The molecule has 0 radical (unpaired) electrons. The van der Waals surface area contributed by atoms with E-state index < -0.39 is 5.97 Å². The Bertz CT molecular complexity index is 796. The van der Waals surface area contributed by atoms with Crippen molar-refractivity contribution in [3.05, 3.63) is 56.9 Å². The van der Waals surface area contributed by atoms with Crippen LogP contribution in [0.5, 0.6) is 0 Å². The van der Waals surface area contributed by atoms with Gasteiger partial charge in [-0.25, -0.2) is 4.79 Å². The van der Waals surface area contributed by atoms with Gasteiger partial charge in [-0.05, 0) is 42.7 Å². The molecule has 6 heteroatoms. The quantitative estimate of drug-likeness (QED) is 0.618. The van der Waals surface area contributed by atoms with Crippen molar-refractivity contribution >= 4 is 45.9 Å². The second-order valence-electron chi connectivity index (χ2n) is 5.06. The van der Waals surface area contributed by atoms with Gasteiger partial charge in [0.2, 0.25) is 5.91 Å². The molecule has 24 heavy (non-hydrogen) atoms. The van der Waals surface area contributed by atoms with E-state index in [1.807, 2.05) is 26.0 Å². The number of esters is 1. The number of halogens is 1. The van der Waals surface area contributed by atoms with Gasteiger partial charge in [0, 0.05) is 16.0 Å². The van der Waals surface area contributed by atoms with E-state index in [-0.39, 0.29) is 5.91 Å². The molecule has 1 heterocycles. The lowest BCUT2D eigenvalue weighted by Gasteiger charge is -2.05. The fraction of sp³-hybridized carbons (Fsp3) is 0.222. The van der Waals surface area contributed by atoms with Crippen molar-refractivity contribution in [2.24, 2.45) is 0 Å². The smallest absolute Gasteiger partial charge is 0.341 e. The lowest BCUT2D eigenvalue weighted by atomic mass is 10.1. The van der Waals surface area contributed by atoms with E-state index in [1.165, 1.54) is 24.5 Å². The Balaban J connectivity index is 2.21. The minimum absolute atomic E-state index is 0.316. The van der Waals surface area contributed by atoms with Crippen molar-refractivity contribution in [1.82, 2.24) is 0 Å². The Kier molecular flexibility index (Phi) is 6.17. The van der Waals surface area contributed by atoms with Gasteiger partial charge < -0.3 is 10.1 Å². The molecule has 1 aromatic heterocycles. The summed E-state index contributed by atoms with van der Waals surface area (Å²) in [7, 11) is 1.33. The van der Waals surface area contributed by atoms with Gasteiger partial charge in [0.05, 0.1) is 12.7 Å². The second kappa shape index (κ2) is 8.13. The zero-order valence-corrected chi connectivity index (χ0v) is 15.3. The predicted molar refractivity (Wildman–Crippen MR) is 98.9 cm³/mol. The van der Waals surface area contributed by atoms with Crippen LogP contribution in [-0.4, -0.2) is 19.0 Å². The molecule has 0 bridgehead atoms. The van der Waals surface area contributed by atoms with Gasteiger partial charge in [0.25, 0.3) is 0 Å². The highest BCUT2D eigenvalue weighted by atomic mass is 35.5. The molecule has 0 saturated carbocycles. The zero-order chi connectivity index (χ0) is 17.7. The fourth-order valence-corrected chi connectivity index (χ4v) is 3.68. The van der Waals surface area contributed by atoms with Crippen LogP contribution in [0.4, 0.5) is 5.00 Å². The van der Waals surface area contributed by atoms with Crippen LogP contribution in [0.15, 0.2) is 30.3 Å². The molecule has 4 nitrogen and oxygen atoms in total. The average Bonchev–Trinajstić information content (AvgIpc) is 2.87. The summed E-state index contributed by atoms with van der Waals surface area (Å²) in [5, 5.41) is 3.88. The molecule has 0 fully saturated rings. The van der Waals surface area contributed by atoms with Crippen molar-refractivity contribution in [2.45, 2.75) is 20.3 Å². The number of methoxy groups -OCH3 is 1. The molecule has 1 N–H and O–H groups in total. The van der Waals surface area contributed by atoms with E-state index in [1.54, 1.807) is 18.2 Å². The predicted octanol–water partition coefficient (Wildman–Crippen LogP) is 4.71. The summed E-state index contributed by atoms with van der Waals surface area (Å²) in [4.78, 5) is 25.2. The van der Waals surface area contributed by atoms with Gasteiger partial charge in [0.15, 0.2) is 0 Å². The minimum Gasteiger partial charge on any atom is -0.465 e. The Morgan fingerprint density at radius 3 is 2.75 bits per heavy atom. The number of nitrogens with one attached hydrogen (secondary N) is 1. The van der Waals surface area contributed by atoms with Crippen LogP contribution in [0.25, 0.3) is 6.08 Å². The molecule has 0 aliphatic heterocycles. The van der Waals surface area contributed by atoms with Crippen LogP contribution in [0.1, 0.15) is 33.3 Å². The van der Waals surface area contributed by atoms with Crippen molar-refractivity contribution in [3.63, 3.8) is 0 Å². The van der Waals surface area contributed by atoms with Crippen LogP contribution in [0.3, 0.4) is 0 Å². The topological polar surface area (TPSA) is 55.4 Å². The maximum atomic E-state index is 12.2. The first-order chi connectivity index (χ1) is 11.5. The third kappa shape index (κ3) is 4.24. The zero-order valence-electron chi connectivity index (χ0n) is 13.7. The van der Waals surface area contributed by atoms with Crippen LogP contribution in [0.2, 0.25) is 5.02 Å². The Labute approximate surface area is 150 Å². The number of anilines is 1. The van der Waals surface area contributed by atoms with Crippen molar-refractivity contribution < 1.29 is 14.3 Å². The number of amides is 1.